The Morgan fingerprint density at radius 2 is 2.23 bits per heavy atom. The molecule has 0 saturated carbocycles. The first-order chi connectivity index (χ1) is 6.20. The average Bonchev–Trinajstić information content (AvgIpc) is 2.12. The number of carbonyl (C=O) groups excluding carboxylic acids is 1. The standard InChI is InChI=1S/C9H7BrFNO/c10-5-1-2-6-8(9(5)11)7(13)3-4-12-6/h1-2,12H,3-4H2. The van der Waals surface area contributed by atoms with Gasteiger partial charge in [0.2, 0.25) is 0 Å². The summed E-state index contributed by atoms with van der Waals surface area (Å²) < 4.78 is 13.8. The summed E-state index contributed by atoms with van der Waals surface area (Å²) in [5.74, 6) is -0.595. The summed E-state index contributed by atoms with van der Waals surface area (Å²) in [6.07, 6.45) is 0.361. The van der Waals surface area contributed by atoms with Gasteiger partial charge in [-0.1, -0.05) is 0 Å². The molecule has 0 unspecified atom stereocenters. The summed E-state index contributed by atoms with van der Waals surface area (Å²) in [4.78, 5) is 11.4. The molecule has 0 atom stereocenters. The summed E-state index contributed by atoms with van der Waals surface area (Å²) >= 11 is 3.05. The maximum absolute atomic E-state index is 13.4. The maximum atomic E-state index is 13.4. The van der Waals surface area contributed by atoms with Gasteiger partial charge in [-0.15, -0.1) is 0 Å². The SMILES string of the molecule is O=C1CCNc2ccc(Br)c(F)c21. The summed E-state index contributed by atoms with van der Waals surface area (Å²) in [7, 11) is 0. The van der Waals surface area contributed by atoms with E-state index in [4.69, 9.17) is 0 Å². The number of nitrogens with one attached hydrogen (secondary N) is 1. The van der Waals surface area contributed by atoms with E-state index in [1.54, 1.807) is 12.1 Å². The van der Waals surface area contributed by atoms with Gasteiger partial charge in [-0.25, -0.2) is 4.39 Å². The third-order valence-electron chi connectivity index (χ3n) is 2.04. The molecule has 0 aliphatic carbocycles. The molecule has 0 aromatic heterocycles. The smallest absolute Gasteiger partial charge is 0.169 e. The zero-order valence-electron chi connectivity index (χ0n) is 6.73. The van der Waals surface area contributed by atoms with Crippen molar-refractivity contribution in [1.82, 2.24) is 0 Å². The van der Waals surface area contributed by atoms with Crippen LogP contribution < -0.4 is 5.32 Å². The van der Waals surface area contributed by atoms with Crippen molar-refractivity contribution in [2.75, 3.05) is 11.9 Å². The summed E-state index contributed by atoms with van der Waals surface area (Å²) in [6, 6.07) is 3.30. The van der Waals surface area contributed by atoms with Gasteiger partial charge in [-0.2, -0.15) is 0 Å². The average molecular weight is 244 g/mol. The van der Waals surface area contributed by atoms with Gasteiger partial charge < -0.3 is 5.32 Å². The largest absolute Gasteiger partial charge is 0.384 e. The van der Waals surface area contributed by atoms with Crippen molar-refractivity contribution in [2.24, 2.45) is 0 Å². The number of rotatable bonds is 0. The zero-order chi connectivity index (χ0) is 9.42. The molecular formula is C9H7BrFNO. The van der Waals surface area contributed by atoms with Crippen molar-refractivity contribution in [2.45, 2.75) is 6.42 Å². The second kappa shape index (κ2) is 3.10. The van der Waals surface area contributed by atoms with E-state index in [9.17, 15) is 9.18 Å². The number of anilines is 1. The minimum absolute atomic E-state index is 0.132. The van der Waals surface area contributed by atoms with Crippen LogP contribution in [-0.2, 0) is 0 Å². The highest BCUT2D eigenvalue weighted by Crippen LogP contribution is 2.29. The molecule has 1 heterocycles. The lowest BCUT2D eigenvalue weighted by molar-refractivity contribution is 0.0979. The number of fused-ring (bicyclic) bond motifs is 1. The fraction of sp³-hybridized carbons (Fsp3) is 0.222. The van der Waals surface area contributed by atoms with Gasteiger partial charge in [0.25, 0.3) is 0 Å². The lowest BCUT2D eigenvalue weighted by Gasteiger charge is -2.17. The minimum atomic E-state index is -0.463. The molecule has 0 saturated heterocycles. The Balaban J connectivity index is 2.65. The molecule has 0 amide bonds. The molecule has 1 aliphatic heterocycles. The molecule has 4 heteroatoms. The highest BCUT2D eigenvalue weighted by Gasteiger charge is 2.22. The van der Waals surface area contributed by atoms with Crippen LogP contribution >= 0.6 is 15.9 Å². The molecule has 2 nitrogen and oxygen atoms in total. The van der Waals surface area contributed by atoms with Crippen molar-refractivity contribution in [3.8, 4) is 0 Å². The normalized spacial score (nSPS) is 15.1. The number of ketones is 1. The molecule has 1 aliphatic rings. The molecule has 0 fully saturated rings. The third kappa shape index (κ3) is 1.35. The van der Waals surface area contributed by atoms with Crippen LogP contribution in [0.25, 0.3) is 0 Å². The fourth-order valence-corrected chi connectivity index (χ4v) is 1.74. The predicted octanol–water partition coefficient (Wildman–Crippen LogP) is 2.59. The van der Waals surface area contributed by atoms with Crippen LogP contribution in [0.4, 0.5) is 10.1 Å². The summed E-state index contributed by atoms with van der Waals surface area (Å²) in [5, 5.41) is 2.98. The van der Waals surface area contributed by atoms with Crippen LogP contribution in [0.5, 0.6) is 0 Å². The van der Waals surface area contributed by atoms with Crippen molar-refractivity contribution < 1.29 is 9.18 Å². The minimum Gasteiger partial charge on any atom is -0.384 e. The molecule has 1 aromatic rings. The Morgan fingerprint density at radius 1 is 1.46 bits per heavy atom. The highest BCUT2D eigenvalue weighted by atomic mass is 79.9. The molecule has 13 heavy (non-hydrogen) atoms. The van der Waals surface area contributed by atoms with Gasteiger partial charge in [-0.05, 0) is 28.1 Å². The maximum Gasteiger partial charge on any atom is 0.169 e. The molecule has 2 rings (SSSR count). The quantitative estimate of drug-likeness (QED) is 0.759. The lowest BCUT2D eigenvalue weighted by atomic mass is 10.0. The molecule has 1 aromatic carbocycles. The molecule has 0 spiro atoms. The van der Waals surface area contributed by atoms with Crippen molar-refractivity contribution >= 4 is 27.4 Å². The molecule has 1 N–H and O–H groups in total. The Hall–Kier alpha value is -0.900. The first-order valence-corrected chi connectivity index (χ1v) is 4.74. The van der Waals surface area contributed by atoms with E-state index in [2.05, 4.69) is 21.2 Å². The van der Waals surface area contributed by atoms with Crippen molar-refractivity contribution in [1.29, 1.82) is 0 Å². The van der Waals surface area contributed by atoms with E-state index in [-0.39, 0.29) is 11.3 Å². The molecule has 0 radical (unpaired) electrons. The van der Waals surface area contributed by atoms with E-state index in [1.807, 2.05) is 0 Å². The Morgan fingerprint density at radius 3 is 3.00 bits per heavy atom. The lowest BCUT2D eigenvalue weighted by Crippen LogP contribution is -2.19. The van der Waals surface area contributed by atoms with Gasteiger partial charge in [0, 0.05) is 18.7 Å². The van der Waals surface area contributed by atoms with Gasteiger partial charge in [0.15, 0.2) is 5.78 Å². The van der Waals surface area contributed by atoms with E-state index in [1.165, 1.54) is 0 Å². The van der Waals surface area contributed by atoms with Crippen LogP contribution in [-0.4, -0.2) is 12.3 Å². The molecule has 68 valence electrons. The molecular weight excluding hydrogens is 237 g/mol. The van der Waals surface area contributed by atoms with Crippen LogP contribution in [0, 0.1) is 5.82 Å². The first kappa shape index (κ1) is 8.69. The number of hydrogen-bond acceptors (Lipinski definition) is 2. The summed E-state index contributed by atoms with van der Waals surface area (Å²) in [5.41, 5.74) is 0.776. The van der Waals surface area contributed by atoms with Gasteiger partial charge in [-0.3, -0.25) is 4.79 Å². The van der Waals surface area contributed by atoms with E-state index in [0.29, 0.717) is 23.1 Å². The van der Waals surface area contributed by atoms with Gasteiger partial charge >= 0.3 is 0 Å². The van der Waals surface area contributed by atoms with Crippen molar-refractivity contribution in [3.63, 3.8) is 0 Å². The monoisotopic (exact) mass is 243 g/mol. The number of Topliss-reactive ketones (excluding diaryl/α,β-unsaturated/α-hetero) is 1. The van der Waals surface area contributed by atoms with Crippen LogP contribution in [0.1, 0.15) is 16.8 Å². The highest BCUT2D eigenvalue weighted by molar-refractivity contribution is 9.10. The second-order valence-corrected chi connectivity index (χ2v) is 3.74. The van der Waals surface area contributed by atoms with Crippen molar-refractivity contribution in [3.05, 3.63) is 28.0 Å². The number of halogens is 2. The summed E-state index contributed by atoms with van der Waals surface area (Å²) in [6.45, 7) is 0.590. The Bertz CT molecular complexity index is 378. The Kier molecular flexibility index (Phi) is 2.07. The van der Waals surface area contributed by atoms with Crippen LogP contribution in [0.2, 0.25) is 0 Å². The van der Waals surface area contributed by atoms with Gasteiger partial charge in [0.05, 0.1) is 10.0 Å². The van der Waals surface area contributed by atoms with Crippen LogP contribution in [0.15, 0.2) is 16.6 Å². The van der Waals surface area contributed by atoms with Gasteiger partial charge in [0.1, 0.15) is 5.82 Å². The number of benzene rings is 1. The third-order valence-corrected chi connectivity index (χ3v) is 2.65. The number of hydrogen-bond donors (Lipinski definition) is 1. The molecule has 0 bridgehead atoms. The Labute approximate surface area is 83.3 Å². The zero-order valence-corrected chi connectivity index (χ0v) is 8.32. The first-order valence-electron chi connectivity index (χ1n) is 3.95. The topological polar surface area (TPSA) is 29.1 Å². The van der Waals surface area contributed by atoms with E-state index in [0.717, 1.165) is 0 Å². The predicted molar refractivity (Wildman–Crippen MR) is 51.5 cm³/mol. The van der Waals surface area contributed by atoms with E-state index >= 15 is 0 Å². The second-order valence-electron chi connectivity index (χ2n) is 2.88. The number of carbonyl (C=O) groups is 1. The van der Waals surface area contributed by atoms with E-state index < -0.39 is 5.82 Å². The van der Waals surface area contributed by atoms with Crippen LogP contribution in [0.3, 0.4) is 0 Å². The fourth-order valence-electron chi connectivity index (χ4n) is 1.41.